The van der Waals surface area contributed by atoms with E-state index in [1.54, 1.807) is 0 Å². The van der Waals surface area contributed by atoms with Gasteiger partial charge in [-0.3, -0.25) is 0 Å². The zero-order chi connectivity index (χ0) is 46.5. The molecule has 0 aliphatic rings. The number of benzene rings is 7. The second-order valence-corrected chi connectivity index (χ2v) is 22.6. The normalized spacial score (nSPS) is 12.8. The van der Waals surface area contributed by atoms with Gasteiger partial charge in [-0.2, -0.15) is 0 Å². The maximum Gasteiger partial charge on any atom is 0.160 e. The molecule has 66 heavy (non-hydrogen) atoms. The molecule has 3 heterocycles. The first-order valence-corrected chi connectivity index (χ1v) is 23.6. The number of hydrogen-bond acceptors (Lipinski definition) is 2. The molecule has 0 fully saturated rings. The Hall–Kier alpha value is -6.78. The highest BCUT2D eigenvalue weighted by atomic mass is 15.0. The van der Waals surface area contributed by atoms with E-state index < -0.39 is 0 Å². The van der Waals surface area contributed by atoms with Crippen molar-refractivity contribution in [1.82, 2.24) is 19.5 Å². The summed E-state index contributed by atoms with van der Waals surface area (Å²) in [6, 6.07) is 55.9. The van der Waals surface area contributed by atoms with Crippen LogP contribution in [0.3, 0.4) is 0 Å². The largest absolute Gasteiger partial charge is 0.354 e. The summed E-state index contributed by atoms with van der Waals surface area (Å²) in [4.78, 5) is 14.4. The first kappa shape index (κ1) is 43.1. The van der Waals surface area contributed by atoms with Gasteiger partial charge in [0.05, 0.1) is 27.9 Å². The van der Waals surface area contributed by atoms with Gasteiger partial charge in [0.1, 0.15) is 0 Å². The van der Waals surface area contributed by atoms with Crippen LogP contribution in [0, 0.1) is 0 Å². The molecule has 10 rings (SSSR count). The Morgan fingerprint density at radius 2 is 0.879 bits per heavy atom. The van der Waals surface area contributed by atoms with E-state index in [1.807, 2.05) is 12.1 Å². The minimum Gasteiger partial charge on any atom is -0.354 e. The van der Waals surface area contributed by atoms with Gasteiger partial charge in [0.2, 0.25) is 0 Å². The quantitative estimate of drug-likeness (QED) is 0.187. The topological polar surface area (TPSA) is 46.5 Å². The molecule has 1 N–H and O–H groups in total. The highest BCUT2D eigenvalue weighted by Crippen LogP contribution is 2.43. The van der Waals surface area contributed by atoms with E-state index in [1.165, 1.54) is 66.3 Å². The van der Waals surface area contributed by atoms with Crippen LogP contribution in [0.15, 0.2) is 152 Å². The molecule has 0 radical (unpaired) electrons. The zero-order valence-corrected chi connectivity index (χ0v) is 40.8. The van der Waals surface area contributed by atoms with E-state index in [2.05, 4.69) is 232 Å². The molecule has 0 aliphatic carbocycles. The molecule has 0 bridgehead atoms. The van der Waals surface area contributed by atoms with E-state index in [0.29, 0.717) is 5.82 Å². The van der Waals surface area contributed by atoms with Gasteiger partial charge in [0, 0.05) is 55.0 Å². The molecule has 10 aromatic rings. The summed E-state index contributed by atoms with van der Waals surface area (Å²) in [5, 5.41) is 4.94. The van der Waals surface area contributed by atoms with Crippen molar-refractivity contribution >= 4 is 43.6 Å². The SMILES string of the molecule is CC(C)(C)c1cc(-c2cc(C(C)(C)C)cc3c2[nH]c2ccc(-c4nc(-c5ccccc5)cc(-c5ccccc5)n4)cc23)cc(-n2c3ccc(C(C)(C)C)cc3c3cc(C(C)(C)C)ccc32)c1. The van der Waals surface area contributed by atoms with Crippen molar-refractivity contribution < 1.29 is 0 Å². The van der Waals surface area contributed by atoms with Crippen LogP contribution >= 0.6 is 0 Å². The van der Waals surface area contributed by atoms with Gasteiger partial charge in [-0.15, -0.1) is 0 Å². The maximum absolute atomic E-state index is 5.21. The molecule has 0 amide bonds. The fourth-order valence-electron chi connectivity index (χ4n) is 9.45. The lowest BCUT2D eigenvalue weighted by Gasteiger charge is -2.24. The number of hydrogen-bond donors (Lipinski definition) is 1. The van der Waals surface area contributed by atoms with Crippen LogP contribution in [0.4, 0.5) is 0 Å². The molecule has 0 unspecified atom stereocenters. The van der Waals surface area contributed by atoms with E-state index in [-0.39, 0.29) is 21.7 Å². The summed E-state index contributed by atoms with van der Waals surface area (Å²) in [6.07, 6.45) is 0. The Balaban J connectivity index is 1.21. The third-order valence-electron chi connectivity index (χ3n) is 13.5. The van der Waals surface area contributed by atoms with E-state index in [9.17, 15) is 0 Å². The minimum atomic E-state index is -0.106. The van der Waals surface area contributed by atoms with Gasteiger partial charge in [0.25, 0.3) is 0 Å². The molecule has 4 nitrogen and oxygen atoms in total. The second-order valence-electron chi connectivity index (χ2n) is 22.6. The van der Waals surface area contributed by atoms with Crippen molar-refractivity contribution in [3.8, 4) is 50.7 Å². The van der Waals surface area contributed by atoms with Crippen LogP contribution in [0.25, 0.3) is 94.3 Å². The lowest BCUT2D eigenvalue weighted by Crippen LogP contribution is -2.13. The van der Waals surface area contributed by atoms with E-state index in [0.717, 1.165) is 44.5 Å². The number of nitrogens with one attached hydrogen (secondary N) is 1. The van der Waals surface area contributed by atoms with Crippen LogP contribution in [0.1, 0.15) is 105 Å². The molecule has 0 atom stereocenters. The maximum atomic E-state index is 5.21. The molecular weight excluding hydrogens is 801 g/mol. The van der Waals surface area contributed by atoms with Crippen molar-refractivity contribution in [3.05, 3.63) is 174 Å². The first-order chi connectivity index (χ1) is 31.2. The standard InChI is InChI=1S/C62H62N4/c1-59(2,3)42-24-27-55-49(33-42)50-34-43(60(4,5)6)25-28-56(50)66(55)46-30-41(29-44(32-46)61(7,8)9)47-35-45(62(10,11)12)36-51-48-31-40(23-26-52(48)63-57(47)51)58-64-53(38-19-15-13-16-20-38)37-54(65-58)39-21-17-14-18-22-39/h13-37,63H,1-12H3. The van der Waals surface area contributed by atoms with Crippen LogP contribution < -0.4 is 0 Å². The van der Waals surface area contributed by atoms with Crippen molar-refractivity contribution in [3.63, 3.8) is 0 Å². The number of aromatic amines is 1. The summed E-state index contributed by atoms with van der Waals surface area (Å²) in [7, 11) is 0. The van der Waals surface area contributed by atoms with Gasteiger partial charge in [0.15, 0.2) is 5.82 Å². The summed E-state index contributed by atoms with van der Waals surface area (Å²) < 4.78 is 2.51. The predicted octanol–water partition coefficient (Wildman–Crippen LogP) is 17.1. The smallest absolute Gasteiger partial charge is 0.160 e. The van der Waals surface area contributed by atoms with E-state index in [4.69, 9.17) is 9.97 Å². The van der Waals surface area contributed by atoms with Gasteiger partial charge >= 0.3 is 0 Å². The Morgan fingerprint density at radius 3 is 1.39 bits per heavy atom. The molecule has 0 aliphatic heterocycles. The van der Waals surface area contributed by atoms with Gasteiger partial charge < -0.3 is 9.55 Å². The molecule has 4 heteroatoms. The molecule has 3 aromatic heterocycles. The number of fused-ring (bicyclic) bond motifs is 6. The summed E-state index contributed by atoms with van der Waals surface area (Å²) in [6.45, 7) is 27.8. The third kappa shape index (κ3) is 7.81. The highest BCUT2D eigenvalue weighted by molar-refractivity contribution is 6.14. The molecule has 0 spiro atoms. The lowest BCUT2D eigenvalue weighted by molar-refractivity contribution is 0.589. The van der Waals surface area contributed by atoms with Gasteiger partial charge in [-0.05, 0) is 122 Å². The lowest BCUT2D eigenvalue weighted by atomic mass is 9.82. The fraction of sp³-hybridized carbons (Fsp3) is 0.258. The molecule has 7 aromatic carbocycles. The molecule has 0 saturated heterocycles. The van der Waals surface area contributed by atoms with Crippen molar-refractivity contribution in [2.45, 2.75) is 105 Å². The number of aromatic nitrogens is 4. The first-order valence-electron chi connectivity index (χ1n) is 23.6. The fourth-order valence-corrected chi connectivity index (χ4v) is 9.45. The van der Waals surface area contributed by atoms with Gasteiger partial charge in [-0.1, -0.05) is 162 Å². The third-order valence-corrected chi connectivity index (χ3v) is 13.5. The van der Waals surface area contributed by atoms with E-state index >= 15 is 0 Å². The number of nitrogens with zero attached hydrogens (tertiary/aromatic N) is 3. The summed E-state index contributed by atoms with van der Waals surface area (Å²) >= 11 is 0. The predicted molar refractivity (Wildman–Crippen MR) is 282 cm³/mol. The Labute approximate surface area is 390 Å². The zero-order valence-electron chi connectivity index (χ0n) is 40.8. The summed E-state index contributed by atoms with van der Waals surface area (Å²) in [5.74, 6) is 0.705. The Kier molecular flexibility index (Phi) is 10.1. The average molecular weight is 863 g/mol. The van der Waals surface area contributed by atoms with Crippen molar-refractivity contribution in [2.24, 2.45) is 0 Å². The highest BCUT2D eigenvalue weighted by Gasteiger charge is 2.25. The molecule has 330 valence electrons. The summed E-state index contributed by atoms with van der Waals surface area (Å²) in [5.41, 5.74) is 18.2. The van der Waals surface area contributed by atoms with Crippen molar-refractivity contribution in [1.29, 1.82) is 0 Å². The van der Waals surface area contributed by atoms with Crippen molar-refractivity contribution in [2.75, 3.05) is 0 Å². The monoisotopic (exact) mass is 862 g/mol. The van der Waals surface area contributed by atoms with Crippen LogP contribution in [0.2, 0.25) is 0 Å². The van der Waals surface area contributed by atoms with Gasteiger partial charge in [-0.25, -0.2) is 9.97 Å². The van der Waals surface area contributed by atoms with Crippen LogP contribution in [-0.2, 0) is 21.7 Å². The number of H-pyrrole nitrogens is 1. The molecular formula is C62H62N4. The minimum absolute atomic E-state index is 0.0255. The van der Waals surface area contributed by atoms with Crippen LogP contribution in [-0.4, -0.2) is 19.5 Å². The Bertz CT molecular complexity index is 3350. The average Bonchev–Trinajstić information content (AvgIpc) is 3.82. The van der Waals surface area contributed by atoms with Crippen LogP contribution in [0.5, 0.6) is 0 Å². The second kappa shape index (κ2) is 15.4. The Morgan fingerprint density at radius 1 is 0.379 bits per heavy atom. The molecule has 0 saturated carbocycles. The number of rotatable bonds is 5.